The number of halogens is 1. The van der Waals surface area contributed by atoms with E-state index in [9.17, 15) is 9.18 Å². The Bertz CT molecular complexity index is 508. The van der Waals surface area contributed by atoms with Gasteiger partial charge in [0.2, 0.25) is 5.91 Å². The Morgan fingerprint density at radius 2 is 2.23 bits per heavy atom. The molecule has 1 heterocycles. The molecule has 0 aliphatic heterocycles. The van der Waals surface area contributed by atoms with E-state index < -0.39 is 5.82 Å². The van der Waals surface area contributed by atoms with Crippen molar-refractivity contribution in [2.75, 3.05) is 40.9 Å². The van der Waals surface area contributed by atoms with Gasteiger partial charge in [-0.15, -0.1) is 0 Å². The molecule has 1 amide bonds. The lowest BCUT2D eigenvalue weighted by Crippen LogP contribution is -2.43. The van der Waals surface area contributed by atoms with Crippen molar-refractivity contribution < 1.29 is 13.9 Å². The average Bonchev–Trinajstić information content (AvgIpc) is 2.50. The number of methoxy groups -OCH3 is 1. The van der Waals surface area contributed by atoms with Gasteiger partial charge in [-0.05, 0) is 12.1 Å². The summed E-state index contributed by atoms with van der Waals surface area (Å²) in [5.74, 6) is -0.102. The molecule has 1 aromatic heterocycles. The molecule has 0 aliphatic carbocycles. The average molecular weight is 311 g/mol. The summed E-state index contributed by atoms with van der Waals surface area (Å²) < 4.78 is 18.5. The minimum atomic E-state index is -0.410. The Balaban J connectivity index is 2.65. The van der Waals surface area contributed by atoms with Crippen LogP contribution in [0.25, 0.3) is 0 Å². The molecule has 122 valence electrons. The van der Waals surface area contributed by atoms with Crippen LogP contribution >= 0.6 is 0 Å². The van der Waals surface area contributed by atoms with E-state index in [1.807, 2.05) is 0 Å². The highest BCUT2D eigenvalue weighted by Gasteiger charge is 2.07. The van der Waals surface area contributed by atoms with Crippen molar-refractivity contribution in [3.8, 4) is 0 Å². The van der Waals surface area contributed by atoms with Crippen molar-refractivity contribution in [3.63, 3.8) is 0 Å². The van der Waals surface area contributed by atoms with E-state index in [1.165, 1.54) is 23.2 Å². The second-order valence-corrected chi connectivity index (χ2v) is 4.66. The largest absolute Gasteiger partial charge is 0.383 e. The second-order valence-electron chi connectivity index (χ2n) is 4.66. The van der Waals surface area contributed by atoms with E-state index in [-0.39, 0.29) is 24.7 Å². The Morgan fingerprint density at radius 1 is 1.45 bits per heavy atom. The van der Waals surface area contributed by atoms with E-state index in [1.54, 1.807) is 21.2 Å². The summed E-state index contributed by atoms with van der Waals surface area (Å²) >= 11 is 0. The number of amides is 1. The predicted octanol–water partition coefficient (Wildman–Crippen LogP) is -0.00950. The Morgan fingerprint density at radius 3 is 2.86 bits per heavy atom. The third-order valence-electron chi connectivity index (χ3n) is 2.73. The normalized spacial score (nSPS) is 11.2. The lowest BCUT2D eigenvalue weighted by molar-refractivity contribution is -0.127. The van der Waals surface area contributed by atoms with Gasteiger partial charge in [0.25, 0.3) is 0 Å². The molecule has 0 saturated heterocycles. The molecular weight excluding hydrogens is 289 g/mol. The van der Waals surface area contributed by atoms with E-state index >= 15 is 0 Å². The number of likely N-dealkylation sites (N-methyl/N-ethyl adjacent to an activating group) is 1. The van der Waals surface area contributed by atoms with Gasteiger partial charge < -0.3 is 20.3 Å². The molecule has 22 heavy (non-hydrogen) atoms. The first kappa shape index (κ1) is 17.8. The van der Waals surface area contributed by atoms with Crippen LogP contribution in [0.1, 0.15) is 5.69 Å². The molecular formula is C14H22FN5O2. The van der Waals surface area contributed by atoms with Crippen molar-refractivity contribution in [1.29, 1.82) is 0 Å². The van der Waals surface area contributed by atoms with Gasteiger partial charge >= 0.3 is 0 Å². The van der Waals surface area contributed by atoms with Gasteiger partial charge in [0.15, 0.2) is 5.96 Å². The maximum atomic E-state index is 13.5. The van der Waals surface area contributed by atoms with Crippen molar-refractivity contribution in [3.05, 3.63) is 29.8 Å². The first-order valence-corrected chi connectivity index (χ1v) is 6.85. The quantitative estimate of drug-likeness (QED) is 0.421. The summed E-state index contributed by atoms with van der Waals surface area (Å²) in [6, 6.07) is 2.85. The highest BCUT2D eigenvalue weighted by Crippen LogP contribution is 2.03. The van der Waals surface area contributed by atoms with Gasteiger partial charge in [0.05, 0.1) is 25.4 Å². The molecule has 0 radical (unpaired) electrons. The molecule has 1 rings (SSSR count). The maximum absolute atomic E-state index is 13.5. The van der Waals surface area contributed by atoms with Crippen molar-refractivity contribution >= 4 is 11.9 Å². The monoisotopic (exact) mass is 311 g/mol. The minimum Gasteiger partial charge on any atom is -0.383 e. The molecule has 0 saturated carbocycles. The lowest BCUT2D eigenvalue weighted by Gasteiger charge is -2.14. The van der Waals surface area contributed by atoms with Gasteiger partial charge in [0, 0.05) is 33.9 Å². The summed E-state index contributed by atoms with van der Waals surface area (Å²) in [5.41, 5.74) is 0.245. The number of hydrogen-bond donors (Lipinski definition) is 2. The van der Waals surface area contributed by atoms with Crippen LogP contribution < -0.4 is 10.6 Å². The molecule has 0 aliphatic rings. The van der Waals surface area contributed by atoms with Crippen LogP contribution in [-0.4, -0.2) is 62.7 Å². The fraction of sp³-hybridized carbons (Fsp3) is 0.500. The smallest absolute Gasteiger partial charge is 0.241 e. The summed E-state index contributed by atoms with van der Waals surface area (Å²) in [5, 5.41) is 5.89. The van der Waals surface area contributed by atoms with Gasteiger partial charge in [0.1, 0.15) is 5.82 Å². The molecule has 7 nitrogen and oxygen atoms in total. The standard InChI is InChI=1S/C14H22FN5O2/c1-20(2)13(21)10-19-14(17-7-8-22-3)18-9-12-11(15)5-4-6-16-12/h4-6H,7-10H2,1-3H3,(H2,17,18,19). The first-order valence-electron chi connectivity index (χ1n) is 6.85. The molecule has 8 heteroatoms. The molecule has 0 bridgehead atoms. The number of carbonyl (C=O) groups is 1. The first-order chi connectivity index (χ1) is 10.5. The number of nitrogens with one attached hydrogen (secondary N) is 2. The highest BCUT2D eigenvalue weighted by atomic mass is 19.1. The van der Waals surface area contributed by atoms with Crippen LogP contribution in [0.4, 0.5) is 4.39 Å². The fourth-order valence-corrected chi connectivity index (χ4v) is 1.45. The van der Waals surface area contributed by atoms with E-state index in [0.717, 1.165) is 0 Å². The molecule has 1 aromatic rings. The number of rotatable bonds is 7. The fourth-order valence-electron chi connectivity index (χ4n) is 1.45. The van der Waals surface area contributed by atoms with Crippen LogP contribution in [0.3, 0.4) is 0 Å². The van der Waals surface area contributed by atoms with Crippen molar-refractivity contribution in [1.82, 2.24) is 20.5 Å². The van der Waals surface area contributed by atoms with Crippen molar-refractivity contribution in [2.45, 2.75) is 6.54 Å². The number of carbonyl (C=O) groups excluding carboxylic acids is 1. The molecule has 0 spiro atoms. The van der Waals surface area contributed by atoms with E-state index in [0.29, 0.717) is 19.1 Å². The number of guanidine groups is 1. The zero-order chi connectivity index (χ0) is 16.4. The predicted molar refractivity (Wildman–Crippen MR) is 81.9 cm³/mol. The number of hydrogen-bond acceptors (Lipinski definition) is 4. The summed E-state index contributed by atoms with van der Waals surface area (Å²) in [4.78, 5) is 21.2. The topological polar surface area (TPSA) is 78.8 Å². The zero-order valence-corrected chi connectivity index (χ0v) is 13.1. The maximum Gasteiger partial charge on any atom is 0.241 e. The van der Waals surface area contributed by atoms with Crippen LogP contribution in [-0.2, 0) is 16.1 Å². The lowest BCUT2D eigenvalue weighted by atomic mass is 10.3. The summed E-state index contributed by atoms with van der Waals surface area (Å²) in [7, 11) is 4.93. The number of nitrogens with zero attached hydrogens (tertiary/aromatic N) is 3. The number of pyridine rings is 1. The highest BCUT2D eigenvalue weighted by molar-refractivity contribution is 5.86. The molecule has 0 aromatic carbocycles. The van der Waals surface area contributed by atoms with Crippen LogP contribution in [0.5, 0.6) is 0 Å². The summed E-state index contributed by atoms with van der Waals surface area (Å²) in [6.45, 7) is 1.17. The van der Waals surface area contributed by atoms with Gasteiger partial charge in [-0.25, -0.2) is 9.38 Å². The molecule has 0 unspecified atom stereocenters. The van der Waals surface area contributed by atoms with Crippen LogP contribution in [0.15, 0.2) is 23.3 Å². The van der Waals surface area contributed by atoms with Crippen LogP contribution in [0.2, 0.25) is 0 Å². The Kier molecular flexibility index (Phi) is 7.84. The third kappa shape index (κ3) is 6.49. The molecule has 2 N–H and O–H groups in total. The third-order valence-corrected chi connectivity index (χ3v) is 2.73. The number of aromatic nitrogens is 1. The minimum absolute atomic E-state index is 0.0745. The molecule has 0 atom stereocenters. The zero-order valence-electron chi connectivity index (χ0n) is 13.1. The SMILES string of the molecule is COCCNC(=NCc1ncccc1F)NCC(=O)N(C)C. The molecule has 0 fully saturated rings. The van der Waals surface area contributed by atoms with E-state index in [4.69, 9.17) is 4.74 Å². The summed E-state index contributed by atoms with van der Waals surface area (Å²) in [6.07, 6.45) is 1.51. The van der Waals surface area contributed by atoms with Gasteiger partial charge in [-0.3, -0.25) is 9.78 Å². The van der Waals surface area contributed by atoms with Crippen molar-refractivity contribution in [2.24, 2.45) is 4.99 Å². The van der Waals surface area contributed by atoms with Gasteiger partial charge in [-0.2, -0.15) is 0 Å². The Hall–Kier alpha value is -2.22. The van der Waals surface area contributed by atoms with Gasteiger partial charge in [-0.1, -0.05) is 0 Å². The van der Waals surface area contributed by atoms with Crippen LogP contribution in [0, 0.1) is 5.82 Å². The Labute approximate surface area is 129 Å². The number of aliphatic imine (C=N–C) groups is 1. The van der Waals surface area contributed by atoms with E-state index in [2.05, 4.69) is 20.6 Å². The second kappa shape index (κ2) is 9.67. The number of ether oxygens (including phenoxy) is 1.